The summed E-state index contributed by atoms with van der Waals surface area (Å²) in [5.41, 5.74) is 3.64. The Morgan fingerprint density at radius 2 is 1.67 bits per heavy atom. The van der Waals surface area contributed by atoms with Gasteiger partial charge in [0, 0.05) is 31.2 Å². The molecule has 1 aliphatic heterocycles. The fraction of sp³-hybridized carbons (Fsp3) is 0.500. The summed E-state index contributed by atoms with van der Waals surface area (Å²) < 4.78 is 10.6. The van der Waals surface area contributed by atoms with E-state index >= 15 is 0 Å². The number of nitrogens with one attached hydrogen (secondary N) is 2. The summed E-state index contributed by atoms with van der Waals surface area (Å²) in [7, 11) is 3.16. The Balaban J connectivity index is 1.31. The van der Waals surface area contributed by atoms with E-state index in [2.05, 4.69) is 10.6 Å². The van der Waals surface area contributed by atoms with Crippen molar-refractivity contribution < 1.29 is 28.7 Å². The fourth-order valence-electron chi connectivity index (χ4n) is 5.97. The predicted molar refractivity (Wildman–Crippen MR) is 160 cm³/mol. The van der Waals surface area contributed by atoms with Crippen molar-refractivity contribution in [1.29, 1.82) is 0 Å². The highest BCUT2D eigenvalue weighted by atomic mass is 16.5. The lowest BCUT2D eigenvalue weighted by molar-refractivity contribution is -0.142. The molecule has 2 atom stereocenters. The molecule has 0 radical (unpaired) electrons. The van der Waals surface area contributed by atoms with Crippen LogP contribution in [0.4, 0.5) is 10.5 Å². The van der Waals surface area contributed by atoms with Crippen LogP contribution in [0.5, 0.6) is 11.5 Å². The number of rotatable bonds is 12. The zero-order valence-corrected chi connectivity index (χ0v) is 25.0. The number of amides is 5. The van der Waals surface area contributed by atoms with Crippen LogP contribution in [-0.2, 0) is 20.8 Å². The lowest BCUT2D eigenvalue weighted by Crippen LogP contribution is -2.63. The van der Waals surface area contributed by atoms with E-state index in [0.717, 1.165) is 35.2 Å². The molecule has 1 saturated heterocycles. The minimum atomic E-state index is -0.450. The van der Waals surface area contributed by atoms with Gasteiger partial charge in [-0.3, -0.25) is 19.3 Å². The molecule has 42 heavy (non-hydrogen) atoms. The monoisotopic (exact) mass is 578 g/mol. The molecule has 0 spiro atoms. The number of hydrogen-bond acceptors (Lipinski definition) is 6. The van der Waals surface area contributed by atoms with Gasteiger partial charge in [0.1, 0.15) is 6.54 Å². The summed E-state index contributed by atoms with van der Waals surface area (Å²) >= 11 is 0. The van der Waals surface area contributed by atoms with Gasteiger partial charge in [-0.1, -0.05) is 37.1 Å². The number of para-hydroxylation sites is 1. The zero-order chi connectivity index (χ0) is 30.2. The Labute approximate surface area is 247 Å². The van der Waals surface area contributed by atoms with Gasteiger partial charge in [0.15, 0.2) is 11.5 Å². The van der Waals surface area contributed by atoms with Gasteiger partial charge < -0.3 is 25.0 Å². The molecule has 226 valence electrons. The zero-order valence-electron chi connectivity index (χ0n) is 25.0. The number of carbonyl (C=O) groups is 4. The molecule has 10 heteroatoms. The first-order chi connectivity index (χ1) is 20.2. The second-order valence-corrected chi connectivity index (χ2v) is 11.1. The maximum atomic E-state index is 13.5. The summed E-state index contributed by atoms with van der Waals surface area (Å²) in [6.07, 6.45) is 4.38. The van der Waals surface area contributed by atoms with Gasteiger partial charge in [-0.15, -0.1) is 0 Å². The summed E-state index contributed by atoms with van der Waals surface area (Å²) in [5, 5.41) is 5.87. The molecule has 0 aromatic heterocycles. The number of ether oxygens (including phenoxy) is 2. The van der Waals surface area contributed by atoms with Crippen molar-refractivity contribution >= 4 is 29.4 Å². The highest BCUT2D eigenvalue weighted by Crippen LogP contribution is 2.35. The van der Waals surface area contributed by atoms with Crippen molar-refractivity contribution in [3.63, 3.8) is 0 Å². The summed E-state index contributed by atoms with van der Waals surface area (Å²) in [5.74, 6) is 0.340. The van der Waals surface area contributed by atoms with Crippen molar-refractivity contribution in [2.24, 2.45) is 5.92 Å². The number of benzene rings is 2. The minimum Gasteiger partial charge on any atom is -0.493 e. The molecule has 1 saturated carbocycles. The number of imide groups is 1. The van der Waals surface area contributed by atoms with Gasteiger partial charge in [0.2, 0.25) is 17.7 Å². The second kappa shape index (κ2) is 14.2. The van der Waals surface area contributed by atoms with Gasteiger partial charge in [-0.05, 0) is 68.4 Å². The molecule has 10 nitrogen and oxygen atoms in total. The molecule has 2 aromatic carbocycles. The lowest BCUT2D eigenvalue weighted by Gasteiger charge is -2.46. The maximum absolute atomic E-state index is 13.5. The number of aryl methyl sites for hydroxylation is 2. The third kappa shape index (κ3) is 7.21. The van der Waals surface area contributed by atoms with E-state index in [1.54, 1.807) is 19.1 Å². The van der Waals surface area contributed by atoms with Crippen molar-refractivity contribution in [1.82, 2.24) is 15.1 Å². The van der Waals surface area contributed by atoms with Crippen LogP contribution in [-0.4, -0.2) is 73.4 Å². The molecular formula is C32H42N4O6. The molecule has 2 unspecified atom stereocenters. The molecule has 2 aliphatic rings. The quantitative estimate of drug-likeness (QED) is 0.390. The average molecular weight is 579 g/mol. The van der Waals surface area contributed by atoms with E-state index in [0.29, 0.717) is 43.7 Å². The van der Waals surface area contributed by atoms with Crippen LogP contribution in [0.1, 0.15) is 55.2 Å². The van der Waals surface area contributed by atoms with Crippen LogP contribution in [0.3, 0.4) is 0 Å². The largest absolute Gasteiger partial charge is 0.493 e. The molecule has 1 heterocycles. The van der Waals surface area contributed by atoms with Crippen LogP contribution in [0.15, 0.2) is 36.4 Å². The van der Waals surface area contributed by atoms with Crippen LogP contribution >= 0.6 is 0 Å². The molecule has 0 bridgehead atoms. The van der Waals surface area contributed by atoms with Crippen LogP contribution < -0.4 is 20.1 Å². The van der Waals surface area contributed by atoms with Crippen molar-refractivity contribution in [3.05, 3.63) is 53.1 Å². The molecule has 4 rings (SSSR count). The van der Waals surface area contributed by atoms with E-state index in [4.69, 9.17) is 9.47 Å². The summed E-state index contributed by atoms with van der Waals surface area (Å²) in [4.78, 5) is 55.3. The summed E-state index contributed by atoms with van der Waals surface area (Å²) in [6.45, 7) is 4.33. The topological polar surface area (TPSA) is 117 Å². The molecular weight excluding hydrogens is 536 g/mol. The number of nitrogens with zero attached hydrogens (tertiary/aromatic N) is 2. The first-order valence-corrected chi connectivity index (χ1v) is 14.7. The number of methoxy groups -OCH3 is 2. The number of fused-ring (bicyclic) bond motifs is 1. The standard InChI is InChI=1S/C32H42N4O6/c1-21-9-7-10-22(2)30(21)34-29(38)20-36-25-12-6-5-11-24(25)31(39)35(32(36)40)18-8-13-28(37)33-17-16-23-14-15-26(41-3)27(19-23)42-4/h7,9-10,14-15,19,24-25H,5-6,8,11-13,16-18,20H2,1-4H3,(H,33,37)(H,34,38). The van der Waals surface area contributed by atoms with Gasteiger partial charge in [0.05, 0.1) is 20.1 Å². The van der Waals surface area contributed by atoms with Crippen molar-refractivity contribution in [2.75, 3.05) is 39.2 Å². The second-order valence-electron chi connectivity index (χ2n) is 11.1. The Morgan fingerprint density at radius 1 is 0.952 bits per heavy atom. The van der Waals surface area contributed by atoms with Crippen LogP contribution in [0.25, 0.3) is 0 Å². The average Bonchev–Trinajstić information content (AvgIpc) is 2.98. The number of carbonyl (C=O) groups excluding carboxylic acids is 4. The Kier molecular flexibility index (Phi) is 10.4. The van der Waals surface area contributed by atoms with Gasteiger partial charge in [0.25, 0.3) is 0 Å². The highest BCUT2D eigenvalue weighted by molar-refractivity contribution is 6.02. The van der Waals surface area contributed by atoms with Gasteiger partial charge in [-0.25, -0.2) is 4.79 Å². The first-order valence-electron chi connectivity index (χ1n) is 14.7. The van der Waals surface area contributed by atoms with E-state index in [9.17, 15) is 19.2 Å². The first kappa shape index (κ1) is 30.9. The number of hydrogen-bond donors (Lipinski definition) is 2. The number of urea groups is 1. The van der Waals surface area contributed by atoms with Crippen molar-refractivity contribution in [3.8, 4) is 11.5 Å². The van der Waals surface area contributed by atoms with E-state index in [1.165, 1.54) is 4.90 Å². The SMILES string of the molecule is COc1ccc(CCNC(=O)CCCN2C(=O)C3CCCCC3N(CC(=O)Nc3c(C)cccc3C)C2=O)cc1OC. The molecule has 5 amide bonds. The molecule has 1 aliphatic carbocycles. The third-order valence-electron chi connectivity index (χ3n) is 8.22. The summed E-state index contributed by atoms with van der Waals surface area (Å²) in [6, 6.07) is 10.7. The minimum absolute atomic E-state index is 0.117. The Hall–Kier alpha value is -4.08. The third-order valence-corrected chi connectivity index (χ3v) is 8.22. The Bertz CT molecular complexity index is 1290. The van der Waals surface area contributed by atoms with Gasteiger partial charge >= 0.3 is 6.03 Å². The molecule has 2 N–H and O–H groups in total. The van der Waals surface area contributed by atoms with Crippen LogP contribution in [0, 0.1) is 19.8 Å². The maximum Gasteiger partial charge on any atom is 0.327 e. The predicted octanol–water partition coefficient (Wildman–Crippen LogP) is 4.22. The van der Waals surface area contributed by atoms with Crippen molar-refractivity contribution in [2.45, 2.75) is 64.8 Å². The fourth-order valence-corrected chi connectivity index (χ4v) is 5.97. The Morgan fingerprint density at radius 3 is 2.38 bits per heavy atom. The van der Waals surface area contributed by atoms with Gasteiger partial charge in [-0.2, -0.15) is 0 Å². The highest BCUT2D eigenvalue weighted by Gasteiger charge is 2.47. The molecule has 2 fully saturated rings. The molecule has 2 aromatic rings. The van der Waals surface area contributed by atoms with E-state index in [1.807, 2.05) is 50.2 Å². The van der Waals surface area contributed by atoms with E-state index < -0.39 is 6.03 Å². The normalized spacial score (nSPS) is 18.4. The smallest absolute Gasteiger partial charge is 0.327 e. The number of anilines is 1. The lowest BCUT2D eigenvalue weighted by atomic mass is 9.81. The van der Waals surface area contributed by atoms with Crippen LogP contribution in [0.2, 0.25) is 0 Å². The van der Waals surface area contributed by atoms with E-state index in [-0.39, 0.29) is 49.2 Å².